The van der Waals surface area contributed by atoms with Crippen molar-refractivity contribution < 1.29 is 4.79 Å². The van der Waals surface area contributed by atoms with E-state index in [4.69, 9.17) is 0 Å². The van der Waals surface area contributed by atoms with E-state index in [0.717, 1.165) is 43.9 Å². The van der Waals surface area contributed by atoms with Crippen LogP contribution in [0.1, 0.15) is 29.6 Å². The fourth-order valence-corrected chi connectivity index (χ4v) is 3.44. The first-order valence-corrected chi connectivity index (χ1v) is 9.22. The first-order valence-electron chi connectivity index (χ1n) is 9.22. The maximum atomic E-state index is 12.3. The SMILES string of the molecule is Cn1nc2cc(N(c3ccc(C(=O)N4CCC4)cn3)C3CC3)ccn2c1=O. The van der Waals surface area contributed by atoms with Crippen LogP contribution in [0.3, 0.4) is 0 Å². The lowest BCUT2D eigenvalue weighted by molar-refractivity contribution is 0.0651. The van der Waals surface area contributed by atoms with Crippen LogP contribution in [-0.2, 0) is 7.05 Å². The molecule has 3 aromatic heterocycles. The first-order chi connectivity index (χ1) is 13.1. The number of hydrogen-bond donors (Lipinski definition) is 0. The summed E-state index contributed by atoms with van der Waals surface area (Å²) in [6.45, 7) is 1.66. The Kier molecular flexibility index (Phi) is 3.53. The van der Waals surface area contributed by atoms with Crippen LogP contribution in [0.4, 0.5) is 11.5 Å². The Labute approximate surface area is 155 Å². The summed E-state index contributed by atoms with van der Waals surface area (Å²) in [5, 5.41) is 4.27. The van der Waals surface area contributed by atoms with Crippen LogP contribution in [0.25, 0.3) is 5.65 Å². The number of amides is 1. The number of aromatic nitrogens is 4. The van der Waals surface area contributed by atoms with Gasteiger partial charge in [-0.05, 0) is 37.5 Å². The minimum Gasteiger partial charge on any atom is -0.338 e. The number of fused-ring (bicyclic) bond motifs is 1. The lowest BCUT2D eigenvalue weighted by atomic mass is 10.1. The van der Waals surface area contributed by atoms with Gasteiger partial charge in [0.2, 0.25) is 0 Å². The molecule has 8 heteroatoms. The third-order valence-corrected chi connectivity index (χ3v) is 5.23. The third kappa shape index (κ3) is 2.68. The van der Waals surface area contributed by atoms with Crippen molar-refractivity contribution in [2.75, 3.05) is 18.0 Å². The Hall–Kier alpha value is -3.16. The molecule has 8 nitrogen and oxygen atoms in total. The highest BCUT2D eigenvalue weighted by molar-refractivity contribution is 5.94. The van der Waals surface area contributed by atoms with Crippen molar-refractivity contribution in [1.29, 1.82) is 0 Å². The normalized spacial score (nSPS) is 16.4. The van der Waals surface area contributed by atoms with Gasteiger partial charge in [0, 0.05) is 50.3 Å². The smallest absolute Gasteiger partial charge is 0.338 e. The Morgan fingerprint density at radius 3 is 2.67 bits per heavy atom. The molecule has 0 N–H and O–H groups in total. The summed E-state index contributed by atoms with van der Waals surface area (Å²) >= 11 is 0. The van der Waals surface area contributed by atoms with Gasteiger partial charge in [-0.2, -0.15) is 5.10 Å². The number of anilines is 2. The number of pyridine rings is 2. The van der Waals surface area contributed by atoms with Gasteiger partial charge in [0.1, 0.15) is 5.82 Å². The van der Waals surface area contributed by atoms with E-state index in [0.29, 0.717) is 17.3 Å². The van der Waals surface area contributed by atoms with Crippen LogP contribution < -0.4 is 10.6 Å². The average Bonchev–Trinajstić information content (AvgIpc) is 3.41. The van der Waals surface area contributed by atoms with Crippen molar-refractivity contribution in [2.45, 2.75) is 25.3 Å². The van der Waals surface area contributed by atoms with E-state index in [-0.39, 0.29) is 11.6 Å². The standard InChI is InChI=1S/C19H20N6O2/c1-22-19(27)24-10-7-15(11-17(24)21-22)25(14-4-5-14)16-6-3-13(12-20-16)18(26)23-8-2-9-23/h3,6-7,10-12,14H,2,4-5,8-9H2,1H3. The van der Waals surface area contributed by atoms with Crippen molar-refractivity contribution in [2.24, 2.45) is 7.05 Å². The third-order valence-electron chi connectivity index (χ3n) is 5.23. The van der Waals surface area contributed by atoms with Gasteiger partial charge in [-0.15, -0.1) is 0 Å². The zero-order valence-corrected chi connectivity index (χ0v) is 15.1. The molecule has 1 amide bonds. The van der Waals surface area contributed by atoms with Crippen LogP contribution in [0.5, 0.6) is 0 Å². The molecule has 0 aromatic carbocycles. The number of nitrogens with zero attached hydrogens (tertiary/aromatic N) is 6. The highest BCUT2D eigenvalue weighted by Crippen LogP contribution is 2.37. The first kappa shape index (κ1) is 16.0. The van der Waals surface area contributed by atoms with Crippen LogP contribution >= 0.6 is 0 Å². The predicted octanol–water partition coefficient (Wildman–Crippen LogP) is 1.57. The highest BCUT2D eigenvalue weighted by Gasteiger charge is 2.32. The molecule has 138 valence electrons. The molecule has 1 aliphatic carbocycles. The lowest BCUT2D eigenvalue weighted by Gasteiger charge is -2.31. The minimum absolute atomic E-state index is 0.0487. The Morgan fingerprint density at radius 1 is 1.22 bits per heavy atom. The van der Waals surface area contributed by atoms with E-state index in [1.54, 1.807) is 19.4 Å². The second-order valence-electron chi connectivity index (χ2n) is 7.17. The highest BCUT2D eigenvalue weighted by atomic mass is 16.2. The van der Waals surface area contributed by atoms with Gasteiger partial charge in [0.25, 0.3) is 5.91 Å². The second-order valence-corrected chi connectivity index (χ2v) is 7.17. The van der Waals surface area contributed by atoms with E-state index in [1.807, 2.05) is 29.2 Å². The van der Waals surface area contributed by atoms with E-state index in [1.165, 1.54) is 9.08 Å². The van der Waals surface area contributed by atoms with Crippen molar-refractivity contribution in [3.05, 3.63) is 52.7 Å². The maximum Gasteiger partial charge on any atom is 0.350 e. The number of likely N-dealkylation sites (tertiary alicyclic amines) is 1. The fraction of sp³-hybridized carbons (Fsp3) is 0.368. The molecular formula is C19H20N6O2. The Morgan fingerprint density at radius 2 is 2.04 bits per heavy atom. The monoisotopic (exact) mass is 364 g/mol. The zero-order chi connectivity index (χ0) is 18.5. The summed E-state index contributed by atoms with van der Waals surface area (Å²) in [5.74, 6) is 0.854. The molecule has 1 aliphatic heterocycles. The second kappa shape index (κ2) is 5.94. The summed E-state index contributed by atoms with van der Waals surface area (Å²) in [7, 11) is 1.64. The summed E-state index contributed by atoms with van der Waals surface area (Å²) in [6, 6.07) is 7.95. The molecule has 4 heterocycles. The van der Waals surface area contributed by atoms with E-state index in [2.05, 4.69) is 15.0 Å². The molecule has 3 aromatic rings. The molecule has 5 rings (SSSR count). The predicted molar refractivity (Wildman–Crippen MR) is 100 cm³/mol. The minimum atomic E-state index is -0.165. The van der Waals surface area contributed by atoms with Gasteiger partial charge in [0.15, 0.2) is 5.65 Å². The molecule has 1 saturated carbocycles. The largest absolute Gasteiger partial charge is 0.350 e. The van der Waals surface area contributed by atoms with Crippen LogP contribution in [0, 0.1) is 0 Å². The van der Waals surface area contributed by atoms with E-state index >= 15 is 0 Å². The number of rotatable bonds is 4. The topological polar surface area (TPSA) is 75.7 Å². The summed E-state index contributed by atoms with van der Waals surface area (Å²) in [5.41, 5.74) is 2.02. The van der Waals surface area contributed by atoms with Gasteiger partial charge in [0.05, 0.1) is 5.56 Å². The summed E-state index contributed by atoms with van der Waals surface area (Å²) in [4.78, 5) is 32.9. The molecule has 0 unspecified atom stereocenters. The number of aryl methyl sites for hydroxylation is 1. The number of carbonyl (C=O) groups excluding carboxylic acids is 1. The zero-order valence-electron chi connectivity index (χ0n) is 15.1. The van der Waals surface area contributed by atoms with Gasteiger partial charge in [-0.3, -0.25) is 9.20 Å². The summed E-state index contributed by atoms with van der Waals surface area (Å²) < 4.78 is 2.85. The number of hydrogen-bond acceptors (Lipinski definition) is 5. The van der Waals surface area contributed by atoms with Crippen molar-refractivity contribution in [1.82, 2.24) is 24.1 Å². The van der Waals surface area contributed by atoms with Gasteiger partial charge < -0.3 is 9.80 Å². The molecular weight excluding hydrogens is 344 g/mol. The average molecular weight is 364 g/mol. The molecule has 2 aliphatic rings. The Balaban J connectivity index is 1.49. The van der Waals surface area contributed by atoms with Crippen LogP contribution in [0.2, 0.25) is 0 Å². The van der Waals surface area contributed by atoms with Gasteiger partial charge >= 0.3 is 5.69 Å². The molecule has 1 saturated heterocycles. The lowest BCUT2D eigenvalue weighted by Crippen LogP contribution is -2.42. The Bertz CT molecular complexity index is 1080. The van der Waals surface area contributed by atoms with Crippen molar-refractivity contribution in [3.8, 4) is 0 Å². The fourth-order valence-electron chi connectivity index (χ4n) is 3.44. The molecule has 0 atom stereocenters. The van der Waals surface area contributed by atoms with Crippen molar-refractivity contribution >= 4 is 23.1 Å². The molecule has 27 heavy (non-hydrogen) atoms. The molecule has 0 spiro atoms. The molecule has 2 fully saturated rings. The molecule has 0 bridgehead atoms. The van der Waals surface area contributed by atoms with Crippen molar-refractivity contribution in [3.63, 3.8) is 0 Å². The molecule has 0 radical (unpaired) electrons. The quantitative estimate of drug-likeness (QED) is 0.702. The van der Waals surface area contributed by atoms with Gasteiger partial charge in [-0.1, -0.05) is 0 Å². The number of carbonyl (C=O) groups is 1. The maximum absolute atomic E-state index is 12.3. The van der Waals surface area contributed by atoms with E-state index < -0.39 is 0 Å². The van der Waals surface area contributed by atoms with Crippen LogP contribution in [0.15, 0.2) is 41.5 Å². The van der Waals surface area contributed by atoms with E-state index in [9.17, 15) is 9.59 Å². The summed E-state index contributed by atoms with van der Waals surface area (Å²) in [6.07, 6.45) is 6.67. The van der Waals surface area contributed by atoms with Crippen LogP contribution in [-0.4, -0.2) is 49.1 Å². The van der Waals surface area contributed by atoms with Gasteiger partial charge in [-0.25, -0.2) is 14.5 Å².